The molecule has 0 amide bonds. The standard InChI is InChI=1S/C27H31N5O6/c1-16(26(2,3)4)25(35)37-22-19(13-36-21(33)12-17-8-6-5-7-9-17)38-27(14-28,23(22)34)20-11-10-18-24(29)30-15-31-32(18)20/h5-11,15-16,19,22-23,34H,12-13H2,1-4H3,(H2,29,30,31)/t16-,19-,22-,23-,27+/m1/s1. The second-order valence-corrected chi connectivity index (χ2v) is 10.4. The molecule has 3 N–H and O–H groups in total. The smallest absolute Gasteiger partial charge is 0.310 e. The Balaban J connectivity index is 1.64. The molecular formula is C27H31N5O6. The van der Waals surface area contributed by atoms with E-state index in [1.54, 1.807) is 25.1 Å². The van der Waals surface area contributed by atoms with Gasteiger partial charge in [0.2, 0.25) is 5.60 Å². The average Bonchev–Trinajstić information content (AvgIpc) is 3.43. The highest BCUT2D eigenvalue weighted by atomic mass is 16.6. The Morgan fingerprint density at radius 1 is 1.26 bits per heavy atom. The maximum absolute atomic E-state index is 13.0. The molecule has 200 valence electrons. The lowest BCUT2D eigenvalue weighted by Gasteiger charge is -2.29. The molecule has 0 aliphatic carbocycles. The summed E-state index contributed by atoms with van der Waals surface area (Å²) in [4.78, 5) is 29.5. The zero-order chi connectivity index (χ0) is 27.7. The van der Waals surface area contributed by atoms with Crippen LogP contribution < -0.4 is 5.73 Å². The number of aliphatic hydroxyl groups is 1. The van der Waals surface area contributed by atoms with E-state index >= 15 is 0 Å². The largest absolute Gasteiger partial charge is 0.463 e. The van der Waals surface area contributed by atoms with Crippen molar-refractivity contribution in [3.63, 3.8) is 0 Å². The number of esters is 2. The SMILES string of the molecule is C[C@H](C(=O)O[C@H]1[C@@H](O)[C@](C#N)(c2ccc3c(N)ncnn23)O[C@@H]1COC(=O)Cc1ccccc1)C(C)(C)C. The minimum Gasteiger partial charge on any atom is -0.463 e. The Hall–Kier alpha value is -4.01. The van der Waals surface area contributed by atoms with Crippen LogP contribution in [0.15, 0.2) is 48.8 Å². The molecule has 2 aromatic heterocycles. The number of nitrogen functional groups attached to an aromatic ring is 1. The number of nitrogens with zero attached hydrogens (tertiary/aromatic N) is 4. The number of ether oxygens (including phenoxy) is 3. The molecule has 3 aromatic rings. The van der Waals surface area contributed by atoms with E-state index in [0.29, 0.717) is 5.52 Å². The van der Waals surface area contributed by atoms with Gasteiger partial charge in [0.05, 0.1) is 18.0 Å². The van der Waals surface area contributed by atoms with Gasteiger partial charge in [-0.05, 0) is 23.1 Å². The van der Waals surface area contributed by atoms with Crippen LogP contribution in [0.5, 0.6) is 0 Å². The number of nitriles is 1. The zero-order valence-corrected chi connectivity index (χ0v) is 21.7. The molecule has 38 heavy (non-hydrogen) atoms. The van der Waals surface area contributed by atoms with Gasteiger partial charge in [-0.2, -0.15) is 10.4 Å². The number of aromatic nitrogens is 3. The summed E-state index contributed by atoms with van der Waals surface area (Å²) in [6.07, 6.45) is -2.84. The maximum Gasteiger partial charge on any atom is 0.310 e. The Morgan fingerprint density at radius 2 is 1.97 bits per heavy atom. The average molecular weight is 522 g/mol. The molecule has 3 heterocycles. The van der Waals surface area contributed by atoms with E-state index in [9.17, 15) is 20.0 Å². The second kappa shape index (κ2) is 10.4. The molecule has 11 heteroatoms. The molecule has 0 radical (unpaired) electrons. The normalized spacial score (nSPS) is 24.1. The van der Waals surface area contributed by atoms with Crippen LogP contribution in [0.1, 0.15) is 39.0 Å². The van der Waals surface area contributed by atoms with E-state index < -0.39 is 47.2 Å². The predicted octanol–water partition coefficient (Wildman–Crippen LogP) is 2.17. The van der Waals surface area contributed by atoms with Gasteiger partial charge in [-0.25, -0.2) is 9.50 Å². The zero-order valence-electron chi connectivity index (χ0n) is 21.7. The molecule has 4 rings (SSSR count). The van der Waals surface area contributed by atoms with Gasteiger partial charge in [0, 0.05) is 0 Å². The van der Waals surface area contributed by atoms with E-state index in [0.717, 1.165) is 5.56 Å². The monoisotopic (exact) mass is 521 g/mol. The number of nitrogens with two attached hydrogens (primary N) is 1. The molecule has 0 unspecified atom stereocenters. The quantitative estimate of drug-likeness (QED) is 0.441. The van der Waals surface area contributed by atoms with Crippen molar-refractivity contribution in [1.82, 2.24) is 14.6 Å². The highest BCUT2D eigenvalue weighted by molar-refractivity contribution is 5.74. The molecule has 5 atom stereocenters. The number of hydrogen-bond acceptors (Lipinski definition) is 10. The number of aliphatic hydroxyl groups excluding tert-OH is 1. The maximum atomic E-state index is 13.0. The van der Waals surface area contributed by atoms with Crippen LogP contribution in [0, 0.1) is 22.7 Å². The van der Waals surface area contributed by atoms with Crippen LogP contribution in [0.3, 0.4) is 0 Å². The minimum atomic E-state index is -2.00. The van der Waals surface area contributed by atoms with E-state index in [2.05, 4.69) is 10.1 Å². The van der Waals surface area contributed by atoms with Gasteiger partial charge < -0.3 is 25.1 Å². The fraction of sp³-hybridized carbons (Fsp3) is 0.444. The van der Waals surface area contributed by atoms with Gasteiger partial charge in [0.25, 0.3) is 0 Å². The highest BCUT2D eigenvalue weighted by Gasteiger charge is 2.60. The molecular weight excluding hydrogens is 490 g/mol. The molecule has 11 nitrogen and oxygen atoms in total. The number of carbonyl (C=O) groups excluding carboxylic acids is 2. The predicted molar refractivity (Wildman–Crippen MR) is 135 cm³/mol. The van der Waals surface area contributed by atoms with Crippen LogP contribution >= 0.6 is 0 Å². The minimum absolute atomic E-state index is 0.0184. The van der Waals surface area contributed by atoms with E-state index in [-0.39, 0.29) is 24.5 Å². The van der Waals surface area contributed by atoms with Crippen molar-refractivity contribution >= 4 is 23.3 Å². The van der Waals surface area contributed by atoms with Crippen LogP contribution in [-0.4, -0.2) is 56.6 Å². The molecule has 0 bridgehead atoms. The van der Waals surface area contributed by atoms with Crippen molar-refractivity contribution in [3.05, 3.63) is 60.0 Å². The van der Waals surface area contributed by atoms with E-state index in [4.69, 9.17) is 19.9 Å². The van der Waals surface area contributed by atoms with E-state index in [1.807, 2.05) is 45.0 Å². The van der Waals surface area contributed by atoms with Crippen molar-refractivity contribution in [2.24, 2.45) is 11.3 Å². The number of benzene rings is 1. The van der Waals surface area contributed by atoms with Crippen molar-refractivity contribution in [1.29, 1.82) is 5.26 Å². The summed E-state index contributed by atoms with van der Waals surface area (Å²) in [5, 5.41) is 25.9. The van der Waals surface area contributed by atoms with E-state index in [1.165, 1.54) is 16.9 Å². The van der Waals surface area contributed by atoms with Gasteiger partial charge in [0.15, 0.2) is 11.9 Å². The summed E-state index contributed by atoms with van der Waals surface area (Å²) in [5.41, 5.74) is 4.85. The first-order chi connectivity index (χ1) is 18.0. The fourth-order valence-corrected chi connectivity index (χ4v) is 4.25. The van der Waals surface area contributed by atoms with Crippen LogP contribution in [0.25, 0.3) is 5.52 Å². The molecule has 1 aliphatic heterocycles. The van der Waals surface area contributed by atoms with Gasteiger partial charge in [-0.15, -0.1) is 0 Å². The van der Waals surface area contributed by atoms with Gasteiger partial charge >= 0.3 is 11.9 Å². The molecule has 1 fully saturated rings. The summed E-state index contributed by atoms with van der Waals surface area (Å²) in [6, 6.07) is 14.2. The summed E-state index contributed by atoms with van der Waals surface area (Å²) < 4.78 is 18.6. The number of fused-ring (bicyclic) bond motifs is 1. The van der Waals surface area contributed by atoms with Crippen molar-refractivity contribution < 1.29 is 28.9 Å². The number of rotatable bonds is 7. The number of carbonyl (C=O) groups is 2. The highest BCUT2D eigenvalue weighted by Crippen LogP contribution is 2.42. The topological polar surface area (TPSA) is 162 Å². The second-order valence-electron chi connectivity index (χ2n) is 10.4. The van der Waals surface area contributed by atoms with Crippen LogP contribution in [0.2, 0.25) is 0 Å². The first kappa shape index (κ1) is 27.0. The van der Waals surface area contributed by atoms with Crippen molar-refractivity contribution in [2.75, 3.05) is 12.3 Å². The molecule has 1 aliphatic rings. The Kier molecular flexibility index (Phi) is 7.40. The third kappa shape index (κ3) is 5.05. The molecule has 1 aromatic carbocycles. The van der Waals surface area contributed by atoms with Crippen molar-refractivity contribution in [2.45, 2.75) is 58.0 Å². The van der Waals surface area contributed by atoms with Crippen LogP contribution in [0.4, 0.5) is 5.82 Å². The molecule has 0 saturated carbocycles. The summed E-state index contributed by atoms with van der Waals surface area (Å²) in [5.74, 6) is -1.48. The third-order valence-electron chi connectivity index (χ3n) is 6.96. The Morgan fingerprint density at radius 3 is 2.63 bits per heavy atom. The first-order valence-electron chi connectivity index (χ1n) is 12.2. The lowest BCUT2D eigenvalue weighted by molar-refractivity contribution is -0.166. The molecule has 0 spiro atoms. The Bertz CT molecular complexity index is 1360. The van der Waals surface area contributed by atoms with Gasteiger partial charge in [0.1, 0.15) is 36.7 Å². The fourth-order valence-electron chi connectivity index (χ4n) is 4.25. The summed E-state index contributed by atoms with van der Waals surface area (Å²) >= 11 is 0. The summed E-state index contributed by atoms with van der Waals surface area (Å²) in [7, 11) is 0. The lowest BCUT2D eigenvalue weighted by Crippen LogP contribution is -2.44. The number of hydrogen-bond donors (Lipinski definition) is 2. The summed E-state index contributed by atoms with van der Waals surface area (Å²) in [6.45, 7) is 7.03. The van der Waals surface area contributed by atoms with Gasteiger partial charge in [-0.3, -0.25) is 9.59 Å². The van der Waals surface area contributed by atoms with Gasteiger partial charge in [-0.1, -0.05) is 58.0 Å². The Labute approximate surface area is 220 Å². The third-order valence-corrected chi connectivity index (χ3v) is 6.96. The first-order valence-corrected chi connectivity index (χ1v) is 12.2. The lowest BCUT2D eigenvalue weighted by atomic mass is 9.82. The molecule has 1 saturated heterocycles. The van der Waals surface area contributed by atoms with Crippen molar-refractivity contribution in [3.8, 4) is 6.07 Å². The number of anilines is 1. The van der Waals surface area contributed by atoms with Crippen LogP contribution in [-0.2, 0) is 35.8 Å².